The molecular weight excluding hydrogens is 358 g/mol. The number of nitrogens with one attached hydrogen (secondary N) is 1. The summed E-state index contributed by atoms with van der Waals surface area (Å²) in [5.74, 6) is -1.67. The predicted octanol–water partition coefficient (Wildman–Crippen LogP) is 2.11. The first-order chi connectivity index (χ1) is 14.6. The van der Waals surface area contributed by atoms with Crippen molar-refractivity contribution in [3.63, 3.8) is 0 Å². The third kappa shape index (κ3) is 2.44. The Morgan fingerprint density at radius 1 is 0.964 bits per heavy atom. The summed E-state index contributed by atoms with van der Waals surface area (Å²) in [4.78, 5) is 25.9. The number of hydrogen-bond donors (Lipinski definition) is 1. The zero-order chi connectivity index (χ0) is 22.4. The molecule has 4 rings (SSSR count). The molecular formula is C21H21N3O4. The van der Waals surface area contributed by atoms with Crippen molar-refractivity contribution < 1.29 is 13.6 Å². The molecule has 0 saturated carbocycles. The highest BCUT2D eigenvalue weighted by atomic mass is 16.7. The number of fused-ring (bicyclic) bond motifs is 1. The van der Waals surface area contributed by atoms with E-state index in [-0.39, 0.29) is 0 Å². The Hall–Kier alpha value is -3.16. The van der Waals surface area contributed by atoms with E-state index in [0.717, 1.165) is 4.57 Å². The molecule has 7 heteroatoms. The van der Waals surface area contributed by atoms with Gasteiger partial charge in [-0.15, -0.1) is 0 Å². The monoisotopic (exact) mass is 382 g/mol. The van der Waals surface area contributed by atoms with Crippen molar-refractivity contribution in [3.05, 3.63) is 98.8 Å². The zero-order valence-corrected chi connectivity index (χ0v) is 15.4. The summed E-state index contributed by atoms with van der Waals surface area (Å²) in [6.45, 7) is 1.74. The number of nitrogens with zero attached hydrogens (tertiary/aromatic N) is 2. The first-order valence-corrected chi connectivity index (χ1v) is 8.67. The molecule has 144 valence electrons. The van der Waals surface area contributed by atoms with Gasteiger partial charge in [0.1, 0.15) is 5.54 Å². The minimum absolute atomic E-state index is 0.416. The van der Waals surface area contributed by atoms with Gasteiger partial charge in [0.2, 0.25) is 5.79 Å². The first-order valence-electron chi connectivity index (χ1n) is 10.2. The Kier molecular flexibility index (Phi) is 3.43. The second-order valence-electron chi connectivity index (χ2n) is 6.71. The molecule has 1 heterocycles. The van der Waals surface area contributed by atoms with E-state index >= 15 is 0 Å². The van der Waals surface area contributed by atoms with Gasteiger partial charge in [0.05, 0.1) is 9.80 Å². The smallest absolute Gasteiger partial charge is 0.346 e. The lowest BCUT2D eigenvalue weighted by molar-refractivity contribution is -0.180. The minimum atomic E-state index is -2.73. The van der Waals surface area contributed by atoms with Crippen LogP contribution in [0.3, 0.4) is 0 Å². The number of aromatic amines is 1. The van der Waals surface area contributed by atoms with E-state index in [1.807, 2.05) is 0 Å². The summed E-state index contributed by atoms with van der Waals surface area (Å²) < 4.78 is 35.7. The summed E-state index contributed by atoms with van der Waals surface area (Å²) >= 11 is 0. The van der Waals surface area contributed by atoms with Crippen molar-refractivity contribution in [2.45, 2.75) is 18.2 Å². The predicted molar refractivity (Wildman–Crippen MR) is 105 cm³/mol. The van der Waals surface area contributed by atoms with Gasteiger partial charge in [-0.3, -0.25) is 0 Å². The summed E-state index contributed by atoms with van der Waals surface area (Å²) in [6, 6.07) is 15.5. The lowest BCUT2D eigenvalue weighted by Crippen LogP contribution is -2.45. The minimum Gasteiger partial charge on any atom is -0.346 e. The highest BCUT2D eigenvalue weighted by molar-refractivity contribution is 5.46. The fourth-order valence-corrected chi connectivity index (χ4v) is 3.68. The fraction of sp³-hybridized carbons (Fsp3) is 0.238. The van der Waals surface area contributed by atoms with E-state index < -0.39 is 29.7 Å². The molecule has 0 spiro atoms. The van der Waals surface area contributed by atoms with Crippen LogP contribution in [0.15, 0.2) is 76.3 Å². The second kappa shape index (κ2) is 6.47. The molecule has 28 heavy (non-hydrogen) atoms. The molecule has 2 atom stereocenters. The number of para-hydroxylation sites is 1. The molecule has 0 saturated heterocycles. The molecule has 7 nitrogen and oxygen atoms in total. The average molecular weight is 382 g/mol. The highest BCUT2D eigenvalue weighted by Crippen LogP contribution is 2.42. The van der Waals surface area contributed by atoms with Crippen molar-refractivity contribution in [3.8, 4) is 5.69 Å². The maximum atomic E-state index is 13.3. The average Bonchev–Trinajstić information content (AvgIpc) is 3.05. The maximum absolute atomic E-state index is 13.3. The summed E-state index contributed by atoms with van der Waals surface area (Å²) in [5.41, 5.74) is -0.898. The van der Waals surface area contributed by atoms with Gasteiger partial charge in [-0.2, -0.15) is 0 Å². The van der Waals surface area contributed by atoms with Crippen LogP contribution in [0.25, 0.3) is 5.69 Å². The number of rotatable bonds is 4. The molecule has 1 aliphatic rings. The van der Waals surface area contributed by atoms with Gasteiger partial charge >= 0.3 is 11.4 Å². The Balaban J connectivity index is 1.93. The molecule has 2 aromatic carbocycles. The molecule has 2 unspecified atom stereocenters. The van der Waals surface area contributed by atoms with Crippen LogP contribution in [-0.2, 0) is 20.8 Å². The van der Waals surface area contributed by atoms with Crippen LogP contribution >= 0.6 is 0 Å². The molecule has 0 fully saturated rings. The Labute approximate surface area is 165 Å². The van der Waals surface area contributed by atoms with Crippen LogP contribution in [-0.4, -0.2) is 28.5 Å². The molecule has 0 aliphatic heterocycles. The van der Waals surface area contributed by atoms with E-state index in [9.17, 15) is 9.59 Å². The van der Waals surface area contributed by atoms with Gasteiger partial charge in [0.25, 0.3) is 0 Å². The molecule has 0 bridgehead atoms. The largest absolute Gasteiger partial charge is 0.352 e. The number of ether oxygens (including phenoxy) is 2. The molecule has 3 aromatic rings. The van der Waals surface area contributed by atoms with Crippen LogP contribution < -0.4 is 11.4 Å². The van der Waals surface area contributed by atoms with E-state index in [1.54, 1.807) is 67.6 Å². The highest BCUT2D eigenvalue weighted by Gasteiger charge is 2.43. The summed E-state index contributed by atoms with van der Waals surface area (Å²) in [7, 11) is -1.39. The third-order valence-corrected chi connectivity index (χ3v) is 5.20. The Morgan fingerprint density at radius 3 is 2.32 bits per heavy atom. The molecule has 1 aromatic heterocycles. The van der Waals surface area contributed by atoms with Gasteiger partial charge in [0, 0.05) is 19.7 Å². The van der Waals surface area contributed by atoms with Crippen molar-refractivity contribution in [1.29, 1.82) is 0 Å². The summed E-state index contributed by atoms with van der Waals surface area (Å²) in [6.07, 6.45) is 3.05. The van der Waals surface area contributed by atoms with E-state index in [4.69, 9.17) is 13.6 Å². The number of allylic oxidation sites excluding steroid dienone is 1. The van der Waals surface area contributed by atoms with Gasteiger partial charge < -0.3 is 9.47 Å². The van der Waals surface area contributed by atoms with E-state index in [0.29, 0.717) is 16.8 Å². The van der Waals surface area contributed by atoms with E-state index in [2.05, 4.69) is 5.10 Å². The zero-order valence-electron chi connectivity index (χ0n) is 18.4. The van der Waals surface area contributed by atoms with Crippen molar-refractivity contribution in [1.82, 2.24) is 14.3 Å². The van der Waals surface area contributed by atoms with Crippen molar-refractivity contribution in [2.24, 2.45) is 0 Å². The number of H-pyrrole nitrogens is 1. The molecule has 0 radical (unpaired) electrons. The quantitative estimate of drug-likeness (QED) is 0.554. The SMILES string of the molecule is [2H]C([2H])([2H])OC1(OC)C=CC(C)(n2[nH]c(=O)n(-c3ccccc3)c2=O)c2ccccc21. The molecule has 1 aliphatic carbocycles. The van der Waals surface area contributed by atoms with Crippen LogP contribution in [0.4, 0.5) is 0 Å². The maximum Gasteiger partial charge on any atom is 0.352 e. The molecule has 0 amide bonds. The van der Waals surface area contributed by atoms with Crippen molar-refractivity contribution in [2.75, 3.05) is 14.1 Å². The number of methoxy groups -OCH3 is 2. The van der Waals surface area contributed by atoms with Gasteiger partial charge in [0.15, 0.2) is 0 Å². The lowest BCUT2D eigenvalue weighted by Gasteiger charge is -2.40. The van der Waals surface area contributed by atoms with Crippen LogP contribution in [0.1, 0.15) is 22.2 Å². The van der Waals surface area contributed by atoms with E-state index in [1.165, 1.54) is 17.9 Å². The second-order valence-corrected chi connectivity index (χ2v) is 6.71. The third-order valence-electron chi connectivity index (χ3n) is 5.20. The first kappa shape index (κ1) is 14.8. The fourth-order valence-electron chi connectivity index (χ4n) is 3.68. The normalized spacial score (nSPS) is 25.6. The number of benzene rings is 2. The van der Waals surface area contributed by atoms with Crippen molar-refractivity contribution >= 4 is 0 Å². The van der Waals surface area contributed by atoms with Crippen LogP contribution in [0, 0.1) is 0 Å². The number of hydrogen-bond acceptors (Lipinski definition) is 4. The van der Waals surface area contributed by atoms with Crippen LogP contribution in [0.5, 0.6) is 0 Å². The van der Waals surface area contributed by atoms with Crippen LogP contribution in [0.2, 0.25) is 0 Å². The van der Waals surface area contributed by atoms with Gasteiger partial charge in [-0.25, -0.2) is 23.9 Å². The molecule has 1 N–H and O–H groups in total. The number of aromatic nitrogens is 3. The Bertz CT molecular complexity index is 1260. The Morgan fingerprint density at radius 2 is 1.64 bits per heavy atom. The standard InChI is InChI=1S/C21H21N3O4/c1-20(13-14-21(27-2,28-3)17-12-8-7-11-16(17)20)24-19(26)23(18(25)22-24)15-9-5-4-6-10-15/h4-14H,1-3H3,(H,22,25)/i2D3. The lowest BCUT2D eigenvalue weighted by atomic mass is 9.80. The van der Waals surface area contributed by atoms with Gasteiger partial charge in [-0.05, 0) is 30.7 Å². The topological polar surface area (TPSA) is 78.2 Å². The summed E-state index contributed by atoms with van der Waals surface area (Å²) in [5, 5.41) is 2.62. The van der Waals surface area contributed by atoms with Gasteiger partial charge in [-0.1, -0.05) is 48.5 Å².